The van der Waals surface area contributed by atoms with E-state index >= 15 is 4.39 Å². The molecule has 7 rings (SSSR count). The van der Waals surface area contributed by atoms with Gasteiger partial charge in [-0.1, -0.05) is 23.7 Å². The first-order valence-electron chi connectivity index (χ1n) is 15.5. The molecule has 0 radical (unpaired) electrons. The Bertz CT molecular complexity index is 1800. The third kappa shape index (κ3) is 6.27. The number of imidazole rings is 1. The number of likely N-dealkylation sites (tertiary alicyclic amines) is 1. The van der Waals surface area contributed by atoms with Crippen molar-refractivity contribution in [2.75, 3.05) is 26.2 Å². The monoisotopic (exact) mass is 628 g/mol. The van der Waals surface area contributed by atoms with Gasteiger partial charge in [0.2, 0.25) is 0 Å². The van der Waals surface area contributed by atoms with E-state index < -0.39 is 0 Å². The second-order valence-corrected chi connectivity index (χ2v) is 12.1. The number of amides is 1. The zero-order valence-corrected chi connectivity index (χ0v) is 25.5. The molecule has 2 fully saturated rings. The first-order chi connectivity index (χ1) is 22.0. The van der Waals surface area contributed by atoms with Crippen LogP contribution in [-0.4, -0.2) is 72.8 Å². The van der Waals surface area contributed by atoms with Crippen LogP contribution in [0.15, 0.2) is 61.1 Å². The average molecular weight is 629 g/mol. The number of fused-ring (bicyclic) bond motifs is 1. The molecule has 2 atom stereocenters. The van der Waals surface area contributed by atoms with Gasteiger partial charge in [0.1, 0.15) is 41.5 Å². The summed E-state index contributed by atoms with van der Waals surface area (Å²) in [6.07, 6.45) is 8.73. The fourth-order valence-corrected chi connectivity index (χ4v) is 6.72. The number of aromatic amines is 1. The summed E-state index contributed by atoms with van der Waals surface area (Å²) in [5.74, 6) is 1.02. The van der Waals surface area contributed by atoms with Gasteiger partial charge < -0.3 is 14.6 Å². The Morgan fingerprint density at radius 3 is 2.78 bits per heavy atom. The molecular formula is C33H34ClFN8O2. The van der Waals surface area contributed by atoms with Gasteiger partial charge in [0.15, 0.2) is 5.82 Å². The van der Waals surface area contributed by atoms with Gasteiger partial charge in [-0.15, -0.1) is 0 Å². The Morgan fingerprint density at radius 1 is 1.09 bits per heavy atom. The Hall–Kier alpha value is -4.35. The van der Waals surface area contributed by atoms with Crippen molar-refractivity contribution in [3.63, 3.8) is 0 Å². The maximum absolute atomic E-state index is 15.2. The van der Waals surface area contributed by atoms with Gasteiger partial charge in [0, 0.05) is 23.7 Å². The van der Waals surface area contributed by atoms with E-state index in [1.54, 1.807) is 42.6 Å². The number of nitrogens with zero attached hydrogens (tertiary/aromatic N) is 6. The summed E-state index contributed by atoms with van der Waals surface area (Å²) in [5.41, 5.74) is 2.91. The number of hydrogen-bond donors (Lipinski definition) is 2. The summed E-state index contributed by atoms with van der Waals surface area (Å²) in [5, 5.41) is 10.5. The van der Waals surface area contributed by atoms with Gasteiger partial charge >= 0.3 is 0 Å². The summed E-state index contributed by atoms with van der Waals surface area (Å²) in [4.78, 5) is 29.7. The van der Waals surface area contributed by atoms with Crippen LogP contribution in [0.1, 0.15) is 54.9 Å². The van der Waals surface area contributed by atoms with Gasteiger partial charge in [0.05, 0.1) is 22.8 Å². The molecule has 10 nitrogen and oxygen atoms in total. The lowest BCUT2D eigenvalue weighted by atomic mass is 9.90. The van der Waals surface area contributed by atoms with Gasteiger partial charge in [-0.3, -0.25) is 19.8 Å². The fourth-order valence-electron chi connectivity index (χ4n) is 6.55. The molecule has 3 aromatic heterocycles. The molecule has 0 spiro atoms. The molecular weight excluding hydrogens is 595 g/mol. The average Bonchev–Trinajstić information content (AvgIpc) is 3.84. The number of halogens is 2. The third-order valence-electron chi connectivity index (χ3n) is 8.75. The van der Waals surface area contributed by atoms with Gasteiger partial charge in [-0.2, -0.15) is 5.10 Å². The molecule has 1 saturated carbocycles. The molecule has 12 heteroatoms. The van der Waals surface area contributed by atoms with Crippen LogP contribution in [-0.2, 0) is 0 Å². The highest BCUT2D eigenvalue weighted by Crippen LogP contribution is 2.37. The molecule has 1 saturated heterocycles. The van der Waals surface area contributed by atoms with Gasteiger partial charge in [-0.05, 0) is 88.0 Å². The van der Waals surface area contributed by atoms with Crippen molar-refractivity contribution in [3.05, 3.63) is 77.5 Å². The molecule has 232 valence electrons. The molecule has 1 aliphatic heterocycles. The lowest BCUT2D eigenvalue weighted by Gasteiger charge is -2.32. The zero-order valence-electron chi connectivity index (χ0n) is 24.8. The molecule has 0 unspecified atom stereocenters. The van der Waals surface area contributed by atoms with Crippen molar-refractivity contribution in [2.24, 2.45) is 0 Å². The molecule has 2 aromatic carbocycles. The Balaban J connectivity index is 1.15. The number of aromatic nitrogens is 6. The molecule has 1 aliphatic carbocycles. The number of hydrogen-bond acceptors (Lipinski definition) is 7. The van der Waals surface area contributed by atoms with Crippen molar-refractivity contribution in [2.45, 2.75) is 50.6 Å². The van der Waals surface area contributed by atoms with Crippen LogP contribution >= 0.6 is 11.6 Å². The minimum absolute atomic E-state index is 0.0517. The minimum Gasteiger partial charge on any atom is -0.491 e. The van der Waals surface area contributed by atoms with Crippen LogP contribution in [0.2, 0.25) is 5.02 Å². The second kappa shape index (κ2) is 12.9. The molecule has 5 aromatic rings. The molecule has 1 amide bonds. The van der Waals surface area contributed by atoms with E-state index in [-0.39, 0.29) is 23.8 Å². The highest BCUT2D eigenvalue weighted by Gasteiger charge is 2.30. The van der Waals surface area contributed by atoms with Crippen molar-refractivity contribution in [1.29, 1.82) is 0 Å². The maximum atomic E-state index is 15.2. The number of benzene rings is 2. The highest BCUT2D eigenvalue weighted by molar-refractivity contribution is 6.31. The maximum Gasteiger partial charge on any atom is 0.255 e. The van der Waals surface area contributed by atoms with Gasteiger partial charge in [0.25, 0.3) is 5.91 Å². The molecule has 2 N–H and O–H groups in total. The summed E-state index contributed by atoms with van der Waals surface area (Å²) < 4.78 is 23.3. The van der Waals surface area contributed by atoms with Crippen molar-refractivity contribution in [1.82, 2.24) is 39.9 Å². The van der Waals surface area contributed by atoms with E-state index in [4.69, 9.17) is 21.3 Å². The van der Waals surface area contributed by atoms with E-state index in [0.717, 1.165) is 44.4 Å². The number of rotatable bonds is 9. The van der Waals surface area contributed by atoms with Crippen LogP contribution in [0.5, 0.6) is 5.75 Å². The second-order valence-electron chi connectivity index (χ2n) is 11.7. The molecule has 45 heavy (non-hydrogen) atoms. The Labute approximate surface area is 265 Å². The lowest BCUT2D eigenvalue weighted by molar-refractivity contribution is 0.0916. The predicted octanol–water partition coefficient (Wildman–Crippen LogP) is 6.06. The van der Waals surface area contributed by atoms with Crippen LogP contribution in [0.4, 0.5) is 4.39 Å². The normalized spacial score (nSPS) is 18.8. The number of carbonyl (C=O) groups is 1. The number of H-pyrrole nitrogens is 1. The first-order valence-corrected chi connectivity index (χ1v) is 15.9. The molecule has 0 bridgehead atoms. The van der Waals surface area contributed by atoms with Crippen LogP contribution in [0, 0.1) is 5.82 Å². The van der Waals surface area contributed by atoms with Crippen LogP contribution in [0.25, 0.3) is 33.9 Å². The third-order valence-corrected chi connectivity index (χ3v) is 8.98. The topological polar surface area (TPSA) is 114 Å². The largest absolute Gasteiger partial charge is 0.491 e. The minimum atomic E-state index is -0.351. The summed E-state index contributed by atoms with van der Waals surface area (Å²) in [7, 11) is 0. The Kier molecular flexibility index (Phi) is 8.45. The van der Waals surface area contributed by atoms with Crippen LogP contribution < -0.4 is 10.1 Å². The molecule has 2 aliphatic rings. The van der Waals surface area contributed by atoms with E-state index in [2.05, 4.69) is 34.9 Å². The lowest BCUT2D eigenvalue weighted by Crippen LogP contribution is -2.39. The number of nitrogens with one attached hydrogen (secondary N) is 2. The van der Waals surface area contributed by atoms with E-state index in [1.165, 1.54) is 25.2 Å². The van der Waals surface area contributed by atoms with Gasteiger partial charge in [-0.25, -0.2) is 14.4 Å². The standard InChI is InChI=1S/C33H34ClFN8O2/c34-21-10-11-30(45-15-14-42-12-3-4-13-42)25(16-21)33(44)39-22-6-5-7-23(17-22)43-29-18-27(31-37-20-38-41-31)36-19-28(29)40-32(43)24-8-1-2-9-26(24)35/h1-2,8-11,16,18-20,22-23H,3-7,12-15,17H2,(H,39,44)(H,37,38,41)/t22-,23+/m0/s1. The van der Waals surface area contributed by atoms with Crippen molar-refractivity contribution < 1.29 is 13.9 Å². The van der Waals surface area contributed by atoms with E-state index in [9.17, 15) is 4.79 Å². The summed E-state index contributed by atoms with van der Waals surface area (Å²) in [6.45, 7) is 3.50. The smallest absolute Gasteiger partial charge is 0.255 e. The Morgan fingerprint density at radius 2 is 1.96 bits per heavy atom. The number of carbonyl (C=O) groups excluding carboxylic acids is 1. The van der Waals surface area contributed by atoms with E-state index in [0.29, 0.717) is 57.8 Å². The quantitative estimate of drug-likeness (QED) is 0.204. The van der Waals surface area contributed by atoms with Crippen LogP contribution in [0.3, 0.4) is 0 Å². The predicted molar refractivity (Wildman–Crippen MR) is 170 cm³/mol. The highest BCUT2D eigenvalue weighted by atomic mass is 35.5. The fraction of sp³-hybridized carbons (Fsp3) is 0.364. The first kappa shape index (κ1) is 29.4. The van der Waals surface area contributed by atoms with Crippen molar-refractivity contribution in [3.8, 4) is 28.7 Å². The van der Waals surface area contributed by atoms with Crippen molar-refractivity contribution >= 4 is 28.5 Å². The molecule has 4 heterocycles. The summed E-state index contributed by atoms with van der Waals surface area (Å²) >= 11 is 6.33. The summed E-state index contributed by atoms with van der Waals surface area (Å²) in [6, 6.07) is 13.6. The van der Waals surface area contributed by atoms with E-state index in [1.807, 2.05) is 6.07 Å². The number of ether oxygens (including phenoxy) is 1. The SMILES string of the molecule is O=C(N[C@H]1CCC[C@@H](n2c(-c3ccccc3F)nc3cnc(-c4ncn[nH]4)cc32)C1)c1cc(Cl)ccc1OCCN1CCCC1. The number of pyridine rings is 1. The zero-order chi connectivity index (χ0) is 30.8.